The van der Waals surface area contributed by atoms with Gasteiger partial charge < -0.3 is 25.2 Å². The van der Waals surface area contributed by atoms with E-state index >= 15 is 0 Å². The number of halogens is 1. The highest BCUT2D eigenvalue weighted by molar-refractivity contribution is 14.0. The van der Waals surface area contributed by atoms with Crippen molar-refractivity contribution in [2.45, 2.75) is 38.6 Å². The molecule has 7 heteroatoms. The second-order valence-electron chi connectivity index (χ2n) is 7.18. The molecule has 0 atom stereocenters. The molecule has 1 aliphatic rings. The smallest absolute Gasteiger partial charge is 0.195 e. The lowest BCUT2D eigenvalue weighted by Gasteiger charge is -2.21. The third-order valence-corrected chi connectivity index (χ3v) is 5.14. The van der Waals surface area contributed by atoms with Gasteiger partial charge in [-0.1, -0.05) is 12.1 Å². The number of phenols is 1. The maximum atomic E-state index is 10.4. The van der Waals surface area contributed by atoms with Gasteiger partial charge in [0.25, 0.3) is 0 Å². The molecule has 30 heavy (non-hydrogen) atoms. The lowest BCUT2D eigenvalue weighted by atomic mass is 9.88. The summed E-state index contributed by atoms with van der Waals surface area (Å²) in [4.78, 5) is 4.31. The van der Waals surface area contributed by atoms with E-state index in [1.807, 2.05) is 30.3 Å². The fourth-order valence-corrected chi connectivity index (χ4v) is 3.63. The minimum absolute atomic E-state index is 0. The van der Waals surface area contributed by atoms with Crippen molar-refractivity contribution in [3.63, 3.8) is 0 Å². The summed E-state index contributed by atoms with van der Waals surface area (Å²) in [7, 11) is 3.43. The summed E-state index contributed by atoms with van der Waals surface area (Å²) in [6.45, 7) is 1.83. The molecule has 0 spiro atoms. The third-order valence-electron chi connectivity index (χ3n) is 5.14. The molecule has 0 amide bonds. The van der Waals surface area contributed by atoms with E-state index in [1.54, 1.807) is 14.2 Å². The minimum atomic E-state index is 0. The Kier molecular flexibility index (Phi) is 10.2. The first-order valence-corrected chi connectivity index (χ1v) is 10.2. The van der Waals surface area contributed by atoms with Crippen LogP contribution < -0.4 is 15.4 Å². The molecule has 0 bridgehead atoms. The van der Waals surface area contributed by atoms with Crippen molar-refractivity contribution in [2.75, 3.05) is 32.7 Å². The molecule has 0 saturated heterocycles. The van der Waals surface area contributed by atoms with Crippen molar-refractivity contribution >= 4 is 35.6 Å². The van der Waals surface area contributed by atoms with Crippen molar-refractivity contribution in [2.24, 2.45) is 4.99 Å². The van der Waals surface area contributed by atoms with E-state index in [-0.39, 0.29) is 24.0 Å². The molecule has 3 N–H and O–H groups in total. The zero-order valence-corrected chi connectivity index (χ0v) is 20.1. The van der Waals surface area contributed by atoms with Crippen LogP contribution in [0.15, 0.2) is 41.4 Å². The van der Waals surface area contributed by atoms with Crippen LogP contribution in [-0.2, 0) is 24.1 Å². The van der Waals surface area contributed by atoms with Crippen LogP contribution in [0.5, 0.6) is 11.5 Å². The van der Waals surface area contributed by atoms with Gasteiger partial charge in [-0.2, -0.15) is 0 Å². The van der Waals surface area contributed by atoms with E-state index in [4.69, 9.17) is 9.47 Å². The third kappa shape index (κ3) is 6.77. The summed E-state index contributed by atoms with van der Waals surface area (Å²) >= 11 is 0. The number of ether oxygens (including phenoxy) is 2. The first-order chi connectivity index (χ1) is 14.2. The van der Waals surface area contributed by atoms with E-state index in [0.717, 1.165) is 36.3 Å². The fraction of sp³-hybridized carbons (Fsp3) is 0.435. The van der Waals surface area contributed by atoms with Crippen LogP contribution in [0.1, 0.15) is 36.0 Å². The minimum Gasteiger partial charge on any atom is -0.508 e. The number of hydrogen-bond donors (Lipinski definition) is 3. The van der Waals surface area contributed by atoms with Crippen LogP contribution >= 0.6 is 24.0 Å². The molecule has 2 aromatic carbocycles. The predicted molar refractivity (Wildman–Crippen MR) is 132 cm³/mol. The standard InChI is InChI=1S/C23H31N3O3.HI/c1-24-23(26-18-8-5-9-19(15-18)29-14-6-13-28-2)25-16-21-20-10-4-3-7-17(20)11-12-22(21)27;/h5,8-9,11-12,15,27H,3-4,6-7,10,13-14,16H2,1-2H3,(H2,24,25,26);1H. The maximum Gasteiger partial charge on any atom is 0.195 e. The molecule has 0 radical (unpaired) electrons. The molecule has 0 fully saturated rings. The number of guanidine groups is 1. The van der Waals surface area contributed by atoms with Crippen LogP contribution in [0.25, 0.3) is 0 Å². The second-order valence-corrected chi connectivity index (χ2v) is 7.18. The van der Waals surface area contributed by atoms with Crippen LogP contribution in [0.2, 0.25) is 0 Å². The summed E-state index contributed by atoms with van der Waals surface area (Å²) in [6.07, 6.45) is 5.36. The summed E-state index contributed by atoms with van der Waals surface area (Å²) in [6, 6.07) is 11.7. The highest BCUT2D eigenvalue weighted by atomic mass is 127. The van der Waals surface area contributed by atoms with Gasteiger partial charge in [0.15, 0.2) is 5.96 Å². The lowest BCUT2D eigenvalue weighted by molar-refractivity contribution is 0.172. The number of hydrogen-bond acceptors (Lipinski definition) is 4. The number of nitrogens with zero attached hydrogens (tertiary/aromatic N) is 1. The monoisotopic (exact) mass is 525 g/mol. The molecule has 3 rings (SSSR count). The molecule has 6 nitrogen and oxygen atoms in total. The van der Waals surface area contributed by atoms with Crippen LogP contribution in [0.3, 0.4) is 0 Å². The Morgan fingerprint density at radius 3 is 2.77 bits per heavy atom. The van der Waals surface area contributed by atoms with Crippen molar-refractivity contribution in [1.29, 1.82) is 0 Å². The van der Waals surface area contributed by atoms with Crippen LogP contribution in [0, 0.1) is 0 Å². The van der Waals surface area contributed by atoms with Crippen molar-refractivity contribution < 1.29 is 14.6 Å². The zero-order valence-electron chi connectivity index (χ0n) is 17.7. The van der Waals surface area contributed by atoms with Gasteiger partial charge in [-0.25, -0.2) is 0 Å². The molecular weight excluding hydrogens is 493 g/mol. The first kappa shape index (κ1) is 24.3. The van der Waals surface area contributed by atoms with E-state index in [2.05, 4.69) is 21.7 Å². The lowest BCUT2D eigenvalue weighted by Crippen LogP contribution is -2.30. The molecule has 0 aliphatic heterocycles. The average Bonchev–Trinajstić information content (AvgIpc) is 2.75. The number of nitrogens with one attached hydrogen (secondary N) is 2. The van der Waals surface area contributed by atoms with Gasteiger partial charge in [0.05, 0.1) is 6.61 Å². The Balaban J connectivity index is 0.00000320. The number of phenolic OH excluding ortho intramolecular Hbond substituents is 1. The van der Waals surface area contributed by atoms with Crippen molar-refractivity contribution in [3.8, 4) is 11.5 Å². The largest absolute Gasteiger partial charge is 0.508 e. The number of benzene rings is 2. The van der Waals surface area contributed by atoms with E-state index in [9.17, 15) is 5.11 Å². The van der Waals surface area contributed by atoms with Gasteiger partial charge in [-0.05, 0) is 55.0 Å². The Bertz CT molecular complexity index is 842. The van der Waals surface area contributed by atoms with Crippen LogP contribution in [-0.4, -0.2) is 38.4 Å². The SMILES string of the molecule is CN=C(NCc1c(O)ccc2c1CCCC2)Nc1cccc(OCCCOC)c1.I. The number of rotatable bonds is 8. The Hall–Kier alpha value is -2.00. The fourth-order valence-electron chi connectivity index (χ4n) is 3.63. The van der Waals surface area contributed by atoms with Crippen molar-refractivity contribution in [3.05, 3.63) is 53.1 Å². The quantitative estimate of drug-likeness (QED) is 0.205. The summed E-state index contributed by atoms with van der Waals surface area (Å²) < 4.78 is 10.8. The first-order valence-electron chi connectivity index (χ1n) is 10.2. The summed E-state index contributed by atoms with van der Waals surface area (Å²) in [5.74, 6) is 1.80. The Labute approximate surface area is 196 Å². The summed E-state index contributed by atoms with van der Waals surface area (Å²) in [5, 5.41) is 17.0. The molecule has 164 valence electrons. The van der Waals surface area contributed by atoms with Crippen LogP contribution in [0.4, 0.5) is 5.69 Å². The van der Waals surface area contributed by atoms with Gasteiger partial charge in [-0.15, -0.1) is 24.0 Å². The number of methoxy groups -OCH3 is 1. The Morgan fingerprint density at radius 1 is 1.13 bits per heavy atom. The van der Waals surface area contributed by atoms with Gasteiger partial charge in [-0.3, -0.25) is 4.99 Å². The van der Waals surface area contributed by atoms with E-state index in [1.165, 1.54) is 24.0 Å². The molecule has 0 heterocycles. The number of aromatic hydroxyl groups is 1. The normalized spacial score (nSPS) is 13.2. The second kappa shape index (κ2) is 12.6. The molecule has 2 aromatic rings. The van der Waals surface area contributed by atoms with Gasteiger partial charge >= 0.3 is 0 Å². The molecule has 0 saturated carbocycles. The zero-order chi connectivity index (χ0) is 20.5. The van der Waals surface area contributed by atoms with Gasteiger partial charge in [0.1, 0.15) is 11.5 Å². The number of anilines is 1. The average molecular weight is 525 g/mol. The Morgan fingerprint density at radius 2 is 1.97 bits per heavy atom. The highest BCUT2D eigenvalue weighted by Crippen LogP contribution is 2.30. The highest BCUT2D eigenvalue weighted by Gasteiger charge is 2.16. The van der Waals surface area contributed by atoms with E-state index < -0.39 is 0 Å². The number of aliphatic imine (C=N–C) groups is 1. The number of fused-ring (bicyclic) bond motifs is 1. The van der Waals surface area contributed by atoms with Gasteiger partial charge in [0.2, 0.25) is 0 Å². The molecule has 0 aromatic heterocycles. The molecular formula is C23H32IN3O3. The topological polar surface area (TPSA) is 75.1 Å². The maximum absolute atomic E-state index is 10.4. The summed E-state index contributed by atoms with van der Waals surface area (Å²) in [5.41, 5.74) is 4.50. The predicted octanol–water partition coefficient (Wildman–Crippen LogP) is 4.49. The molecule has 1 aliphatic carbocycles. The van der Waals surface area contributed by atoms with Gasteiger partial charge in [0, 0.05) is 51.0 Å². The number of aryl methyl sites for hydroxylation is 1. The van der Waals surface area contributed by atoms with Crippen molar-refractivity contribution in [1.82, 2.24) is 5.32 Å². The van der Waals surface area contributed by atoms with E-state index in [0.29, 0.717) is 31.5 Å². The molecule has 0 unspecified atom stereocenters.